The second kappa shape index (κ2) is 4.32. The SMILES string of the molecule is Oc1ccc(Cc2ccccn2)cc1Cl. The third kappa shape index (κ3) is 2.48. The van der Waals surface area contributed by atoms with E-state index in [-0.39, 0.29) is 5.75 Å². The van der Waals surface area contributed by atoms with Gasteiger partial charge in [-0.15, -0.1) is 0 Å². The van der Waals surface area contributed by atoms with Crippen LogP contribution in [0.2, 0.25) is 5.02 Å². The smallest absolute Gasteiger partial charge is 0.134 e. The molecule has 0 aliphatic rings. The fourth-order valence-electron chi connectivity index (χ4n) is 1.37. The zero-order chi connectivity index (χ0) is 10.7. The Hall–Kier alpha value is -1.54. The first-order chi connectivity index (χ1) is 7.25. The number of nitrogens with zero attached hydrogens (tertiary/aromatic N) is 1. The van der Waals surface area contributed by atoms with Gasteiger partial charge in [0.15, 0.2) is 0 Å². The van der Waals surface area contributed by atoms with Crippen LogP contribution in [0.4, 0.5) is 0 Å². The second-order valence-electron chi connectivity index (χ2n) is 3.28. The van der Waals surface area contributed by atoms with E-state index in [2.05, 4.69) is 4.98 Å². The van der Waals surface area contributed by atoms with Gasteiger partial charge in [-0.2, -0.15) is 0 Å². The first-order valence-corrected chi connectivity index (χ1v) is 5.01. The Balaban J connectivity index is 2.22. The van der Waals surface area contributed by atoms with E-state index >= 15 is 0 Å². The molecule has 0 aliphatic heterocycles. The van der Waals surface area contributed by atoms with Crippen molar-refractivity contribution in [3.8, 4) is 5.75 Å². The van der Waals surface area contributed by atoms with E-state index < -0.39 is 0 Å². The van der Waals surface area contributed by atoms with Crippen LogP contribution in [0.3, 0.4) is 0 Å². The van der Waals surface area contributed by atoms with Crippen molar-refractivity contribution in [2.24, 2.45) is 0 Å². The highest BCUT2D eigenvalue weighted by Gasteiger charge is 2.01. The van der Waals surface area contributed by atoms with Crippen LogP contribution in [0.25, 0.3) is 0 Å². The van der Waals surface area contributed by atoms with Crippen molar-refractivity contribution >= 4 is 11.6 Å². The molecule has 1 N–H and O–H groups in total. The standard InChI is InChI=1S/C12H10ClNO/c13-11-8-9(4-5-12(11)15)7-10-3-1-2-6-14-10/h1-6,8,15H,7H2. The molecule has 2 nitrogen and oxygen atoms in total. The van der Waals surface area contributed by atoms with Crippen LogP contribution >= 0.6 is 11.6 Å². The lowest BCUT2D eigenvalue weighted by molar-refractivity contribution is 0.475. The zero-order valence-corrected chi connectivity index (χ0v) is 8.78. The number of benzene rings is 1. The Morgan fingerprint density at radius 1 is 1.20 bits per heavy atom. The van der Waals surface area contributed by atoms with E-state index in [1.807, 2.05) is 24.3 Å². The van der Waals surface area contributed by atoms with Crippen molar-refractivity contribution in [3.05, 3.63) is 58.9 Å². The van der Waals surface area contributed by atoms with E-state index in [9.17, 15) is 5.11 Å². The molecule has 15 heavy (non-hydrogen) atoms. The van der Waals surface area contributed by atoms with Gasteiger partial charge in [-0.25, -0.2) is 0 Å². The Morgan fingerprint density at radius 2 is 2.07 bits per heavy atom. The molecule has 0 aliphatic carbocycles. The molecule has 2 rings (SSSR count). The van der Waals surface area contributed by atoms with Gasteiger partial charge >= 0.3 is 0 Å². The summed E-state index contributed by atoms with van der Waals surface area (Å²) in [7, 11) is 0. The molecule has 76 valence electrons. The van der Waals surface area contributed by atoms with Gasteiger partial charge in [-0.1, -0.05) is 23.7 Å². The Morgan fingerprint density at radius 3 is 2.73 bits per heavy atom. The summed E-state index contributed by atoms with van der Waals surface area (Å²) in [5, 5.41) is 9.64. The largest absolute Gasteiger partial charge is 0.506 e. The maximum absolute atomic E-state index is 9.26. The minimum atomic E-state index is 0.112. The summed E-state index contributed by atoms with van der Waals surface area (Å²) in [5.41, 5.74) is 2.02. The van der Waals surface area contributed by atoms with Crippen LogP contribution in [-0.2, 0) is 6.42 Å². The minimum absolute atomic E-state index is 0.112. The third-order valence-electron chi connectivity index (χ3n) is 2.12. The van der Waals surface area contributed by atoms with Crippen molar-refractivity contribution in [1.29, 1.82) is 0 Å². The molecule has 0 fully saturated rings. The summed E-state index contributed by atoms with van der Waals surface area (Å²) in [4.78, 5) is 4.22. The molecule has 0 saturated heterocycles. The van der Waals surface area contributed by atoms with E-state index in [0.717, 1.165) is 17.7 Å². The molecular weight excluding hydrogens is 210 g/mol. The molecule has 0 unspecified atom stereocenters. The number of hydrogen-bond acceptors (Lipinski definition) is 2. The van der Waals surface area contributed by atoms with Gasteiger partial charge < -0.3 is 5.11 Å². The topological polar surface area (TPSA) is 33.1 Å². The van der Waals surface area contributed by atoms with Gasteiger partial charge in [-0.3, -0.25) is 4.98 Å². The zero-order valence-electron chi connectivity index (χ0n) is 8.02. The van der Waals surface area contributed by atoms with Crippen LogP contribution in [0, 0.1) is 0 Å². The first-order valence-electron chi connectivity index (χ1n) is 4.63. The molecular formula is C12H10ClNO. The van der Waals surface area contributed by atoms with Gasteiger partial charge in [0.05, 0.1) is 5.02 Å². The van der Waals surface area contributed by atoms with Gasteiger partial charge in [-0.05, 0) is 29.8 Å². The first kappa shape index (κ1) is 9.99. The summed E-state index contributed by atoms with van der Waals surface area (Å²) in [5.74, 6) is 0.112. The summed E-state index contributed by atoms with van der Waals surface area (Å²) < 4.78 is 0. The molecule has 1 aromatic heterocycles. The molecule has 3 heteroatoms. The lowest BCUT2D eigenvalue weighted by Gasteiger charge is -2.02. The molecule has 0 atom stereocenters. The minimum Gasteiger partial charge on any atom is -0.506 e. The highest BCUT2D eigenvalue weighted by atomic mass is 35.5. The molecule has 0 amide bonds. The highest BCUT2D eigenvalue weighted by molar-refractivity contribution is 6.32. The lowest BCUT2D eigenvalue weighted by atomic mass is 10.1. The van der Waals surface area contributed by atoms with Crippen molar-refractivity contribution in [3.63, 3.8) is 0 Å². The van der Waals surface area contributed by atoms with Crippen LogP contribution in [0.5, 0.6) is 5.75 Å². The molecule has 0 spiro atoms. The number of phenols is 1. The lowest BCUT2D eigenvalue weighted by Crippen LogP contribution is -1.90. The summed E-state index contributed by atoms with van der Waals surface area (Å²) >= 11 is 5.81. The fourth-order valence-corrected chi connectivity index (χ4v) is 1.58. The Labute approximate surface area is 93.2 Å². The van der Waals surface area contributed by atoms with Crippen LogP contribution in [0.15, 0.2) is 42.6 Å². The van der Waals surface area contributed by atoms with Crippen LogP contribution in [0.1, 0.15) is 11.3 Å². The van der Waals surface area contributed by atoms with Gasteiger partial charge in [0, 0.05) is 18.3 Å². The van der Waals surface area contributed by atoms with Crippen LogP contribution in [-0.4, -0.2) is 10.1 Å². The summed E-state index contributed by atoms with van der Waals surface area (Å²) in [6.07, 6.45) is 2.48. The quantitative estimate of drug-likeness (QED) is 0.842. The highest BCUT2D eigenvalue weighted by Crippen LogP contribution is 2.24. The Kier molecular flexibility index (Phi) is 2.88. The normalized spacial score (nSPS) is 10.2. The molecule has 0 radical (unpaired) electrons. The molecule has 2 aromatic rings. The maximum Gasteiger partial charge on any atom is 0.134 e. The van der Waals surface area contributed by atoms with Crippen LogP contribution < -0.4 is 0 Å². The van der Waals surface area contributed by atoms with Crippen molar-refractivity contribution in [2.45, 2.75) is 6.42 Å². The second-order valence-corrected chi connectivity index (χ2v) is 3.69. The van der Waals surface area contributed by atoms with Gasteiger partial charge in [0.25, 0.3) is 0 Å². The van der Waals surface area contributed by atoms with Crippen molar-refractivity contribution < 1.29 is 5.11 Å². The van der Waals surface area contributed by atoms with E-state index in [1.54, 1.807) is 18.3 Å². The van der Waals surface area contributed by atoms with Gasteiger partial charge in [0.2, 0.25) is 0 Å². The number of pyridine rings is 1. The molecule has 0 saturated carbocycles. The fraction of sp³-hybridized carbons (Fsp3) is 0.0833. The number of halogens is 1. The number of phenolic OH excluding ortho intramolecular Hbond substituents is 1. The Bertz CT molecular complexity index is 456. The summed E-state index contributed by atoms with van der Waals surface area (Å²) in [6, 6.07) is 11.0. The number of rotatable bonds is 2. The summed E-state index contributed by atoms with van der Waals surface area (Å²) in [6.45, 7) is 0. The van der Waals surface area contributed by atoms with E-state index in [1.165, 1.54) is 0 Å². The predicted octanol–water partition coefficient (Wildman–Crippen LogP) is 3.03. The maximum atomic E-state index is 9.26. The van der Waals surface area contributed by atoms with Gasteiger partial charge in [0.1, 0.15) is 5.75 Å². The molecule has 1 aromatic carbocycles. The average Bonchev–Trinajstić information content (AvgIpc) is 2.25. The number of aromatic nitrogens is 1. The van der Waals surface area contributed by atoms with Crippen molar-refractivity contribution in [2.75, 3.05) is 0 Å². The predicted molar refractivity (Wildman–Crippen MR) is 60.2 cm³/mol. The van der Waals surface area contributed by atoms with E-state index in [0.29, 0.717) is 5.02 Å². The van der Waals surface area contributed by atoms with E-state index in [4.69, 9.17) is 11.6 Å². The average molecular weight is 220 g/mol. The molecule has 1 heterocycles. The molecule has 0 bridgehead atoms. The number of hydrogen-bond donors (Lipinski definition) is 1. The monoisotopic (exact) mass is 219 g/mol. The third-order valence-corrected chi connectivity index (χ3v) is 2.43. The number of aromatic hydroxyl groups is 1. The van der Waals surface area contributed by atoms with Crippen molar-refractivity contribution in [1.82, 2.24) is 4.98 Å².